The number of nitrogens with zero attached hydrogens (tertiary/aromatic N) is 2. The van der Waals surface area contributed by atoms with Crippen molar-refractivity contribution in [2.24, 2.45) is 11.8 Å². The second kappa shape index (κ2) is 6.72. The van der Waals surface area contributed by atoms with Gasteiger partial charge in [-0.25, -0.2) is 0 Å². The van der Waals surface area contributed by atoms with Gasteiger partial charge in [0.05, 0.1) is 11.7 Å². The molecule has 0 bridgehead atoms. The maximum Gasteiger partial charge on any atom is 0.0640 e. The summed E-state index contributed by atoms with van der Waals surface area (Å²) in [6, 6.07) is 3.20. The van der Waals surface area contributed by atoms with Gasteiger partial charge in [0.25, 0.3) is 0 Å². The van der Waals surface area contributed by atoms with Crippen LogP contribution >= 0.6 is 0 Å². The van der Waals surface area contributed by atoms with Crippen LogP contribution in [0, 0.1) is 5.92 Å². The highest BCUT2D eigenvalue weighted by atomic mass is 15.3. The smallest absolute Gasteiger partial charge is 0.0640 e. The molecule has 3 N–H and O–H groups in total. The molecule has 0 amide bonds. The highest BCUT2D eigenvalue weighted by Gasteiger charge is 2.21. The molecule has 0 aliphatic heterocycles. The molecule has 1 unspecified atom stereocenters. The van der Waals surface area contributed by atoms with Crippen molar-refractivity contribution in [2.45, 2.75) is 76.3 Å². The molecule has 2 aliphatic carbocycles. The Kier molecular flexibility index (Phi) is 4.73. The largest absolute Gasteiger partial charge is 0.271 e. The van der Waals surface area contributed by atoms with E-state index in [1.54, 1.807) is 0 Å². The molecular weight excluding hydrogens is 248 g/mol. The molecule has 0 saturated heterocycles. The maximum atomic E-state index is 5.74. The third kappa shape index (κ3) is 3.41. The lowest BCUT2D eigenvalue weighted by atomic mass is 9.96. The molecule has 3 rings (SSSR count). The molecule has 2 saturated carbocycles. The summed E-state index contributed by atoms with van der Waals surface area (Å²) < 4.78 is 2.19. The summed E-state index contributed by atoms with van der Waals surface area (Å²) in [6.07, 6.45) is 15.2. The minimum Gasteiger partial charge on any atom is -0.271 e. The van der Waals surface area contributed by atoms with Gasteiger partial charge in [-0.2, -0.15) is 5.10 Å². The van der Waals surface area contributed by atoms with Crippen molar-refractivity contribution in [1.82, 2.24) is 15.2 Å². The first-order valence-electron chi connectivity index (χ1n) is 8.35. The fraction of sp³-hybridized carbons (Fsp3) is 0.812. The van der Waals surface area contributed by atoms with Crippen LogP contribution in [0.5, 0.6) is 0 Å². The number of aromatic nitrogens is 2. The van der Waals surface area contributed by atoms with Crippen molar-refractivity contribution in [1.29, 1.82) is 0 Å². The van der Waals surface area contributed by atoms with Crippen LogP contribution in [0.1, 0.15) is 69.5 Å². The molecule has 1 heterocycles. The third-order valence-corrected chi connectivity index (χ3v) is 5.15. The zero-order valence-corrected chi connectivity index (χ0v) is 12.4. The van der Waals surface area contributed by atoms with Crippen molar-refractivity contribution < 1.29 is 0 Å². The summed E-state index contributed by atoms with van der Waals surface area (Å²) in [5, 5.41) is 4.78. The highest BCUT2D eigenvalue weighted by molar-refractivity contribution is 5.03. The number of nitrogens with two attached hydrogens (primary N) is 1. The van der Waals surface area contributed by atoms with E-state index >= 15 is 0 Å². The van der Waals surface area contributed by atoms with Gasteiger partial charge in [-0.05, 0) is 31.2 Å². The molecule has 1 aromatic rings. The lowest BCUT2D eigenvalue weighted by Crippen LogP contribution is -2.38. The van der Waals surface area contributed by atoms with Gasteiger partial charge in [-0.1, -0.05) is 38.5 Å². The Morgan fingerprint density at radius 1 is 1.20 bits per heavy atom. The van der Waals surface area contributed by atoms with E-state index < -0.39 is 0 Å². The number of rotatable bonds is 6. The second-order valence-corrected chi connectivity index (χ2v) is 6.68. The monoisotopic (exact) mass is 276 g/mol. The summed E-state index contributed by atoms with van der Waals surface area (Å²) in [5.41, 5.74) is 4.20. The summed E-state index contributed by atoms with van der Waals surface area (Å²) in [7, 11) is 0. The summed E-state index contributed by atoms with van der Waals surface area (Å²) in [6.45, 7) is 0. The Balaban J connectivity index is 1.54. The quantitative estimate of drug-likeness (QED) is 0.620. The Labute approximate surface area is 122 Å². The molecule has 2 fully saturated rings. The van der Waals surface area contributed by atoms with Crippen molar-refractivity contribution >= 4 is 0 Å². The lowest BCUT2D eigenvalue weighted by molar-refractivity contribution is 0.384. The standard InChI is InChI=1S/C16H28N4/c17-18-15(11-13-5-1-2-6-13)12-14-9-10-20(19-14)16-7-3-4-8-16/h9-10,13,15-16,18H,1-8,11-12,17H2. The van der Waals surface area contributed by atoms with Crippen LogP contribution in [-0.2, 0) is 6.42 Å². The summed E-state index contributed by atoms with van der Waals surface area (Å²) in [4.78, 5) is 0. The van der Waals surface area contributed by atoms with Crippen LogP contribution in [0.4, 0.5) is 0 Å². The van der Waals surface area contributed by atoms with Gasteiger partial charge in [0.15, 0.2) is 0 Å². The zero-order valence-electron chi connectivity index (χ0n) is 12.4. The van der Waals surface area contributed by atoms with Crippen LogP contribution in [0.25, 0.3) is 0 Å². The van der Waals surface area contributed by atoms with Gasteiger partial charge < -0.3 is 0 Å². The van der Waals surface area contributed by atoms with Gasteiger partial charge >= 0.3 is 0 Å². The first-order valence-corrected chi connectivity index (χ1v) is 8.35. The lowest BCUT2D eigenvalue weighted by Gasteiger charge is -2.18. The van der Waals surface area contributed by atoms with E-state index in [1.165, 1.54) is 63.5 Å². The third-order valence-electron chi connectivity index (χ3n) is 5.15. The number of nitrogens with one attached hydrogen (secondary N) is 1. The van der Waals surface area contributed by atoms with Crippen molar-refractivity contribution in [3.63, 3.8) is 0 Å². The molecule has 0 radical (unpaired) electrons. The molecule has 1 aromatic heterocycles. The first kappa shape index (κ1) is 14.1. The summed E-state index contributed by atoms with van der Waals surface area (Å²) >= 11 is 0. The van der Waals surface area contributed by atoms with E-state index in [0.717, 1.165) is 12.3 Å². The van der Waals surface area contributed by atoms with Gasteiger partial charge in [0.2, 0.25) is 0 Å². The molecular formula is C16H28N4. The molecule has 4 heteroatoms. The van der Waals surface area contributed by atoms with Crippen LogP contribution < -0.4 is 11.3 Å². The number of hydrogen-bond acceptors (Lipinski definition) is 3. The zero-order chi connectivity index (χ0) is 13.8. The van der Waals surface area contributed by atoms with Crippen molar-refractivity contribution in [3.05, 3.63) is 18.0 Å². The van der Waals surface area contributed by atoms with Crippen molar-refractivity contribution in [2.75, 3.05) is 0 Å². The Morgan fingerprint density at radius 2 is 1.90 bits per heavy atom. The minimum absolute atomic E-state index is 0.380. The predicted octanol–water partition coefficient (Wildman–Crippen LogP) is 2.95. The average molecular weight is 276 g/mol. The molecule has 0 spiro atoms. The molecule has 1 atom stereocenters. The topological polar surface area (TPSA) is 55.9 Å². The molecule has 0 aromatic carbocycles. The van der Waals surface area contributed by atoms with Crippen molar-refractivity contribution in [3.8, 4) is 0 Å². The minimum atomic E-state index is 0.380. The Morgan fingerprint density at radius 3 is 2.60 bits per heavy atom. The molecule has 112 valence electrons. The van der Waals surface area contributed by atoms with E-state index in [1.807, 2.05) is 0 Å². The fourth-order valence-corrected chi connectivity index (χ4v) is 3.97. The SMILES string of the molecule is NNC(Cc1ccn(C2CCCC2)n1)CC1CCCC1. The summed E-state index contributed by atoms with van der Waals surface area (Å²) in [5.74, 6) is 6.61. The van der Waals surface area contributed by atoms with E-state index in [2.05, 4.69) is 22.4 Å². The van der Waals surface area contributed by atoms with Gasteiger partial charge in [-0.3, -0.25) is 16.0 Å². The molecule has 20 heavy (non-hydrogen) atoms. The van der Waals surface area contributed by atoms with Crippen LogP contribution in [0.15, 0.2) is 12.3 Å². The van der Waals surface area contributed by atoms with Gasteiger partial charge in [0.1, 0.15) is 0 Å². The van der Waals surface area contributed by atoms with Crippen LogP contribution in [-0.4, -0.2) is 15.8 Å². The van der Waals surface area contributed by atoms with Crippen LogP contribution in [0.2, 0.25) is 0 Å². The molecule has 4 nitrogen and oxygen atoms in total. The van der Waals surface area contributed by atoms with E-state index in [9.17, 15) is 0 Å². The van der Waals surface area contributed by atoms with Gasteiger partial charge in [0, 0.05) is 18.7 Å². The van der Waals surface area contributed by atoms with Gasteiger partial charge in [-0.15, -0.1) is 0 Å². The normalized spacial score (nSPS) is 22.6. The van der Waals surface area contributed by atoms with E-state index in [-0.39, 0.29) is 0 Å². The first-order chi connectivity index (χ1) is 9.85. The fourth-order valence-electron chi connectivity index (χ4n) is 3.97. The predicted molar refractivity (Wildman–Crippen MR) is 81.1 cm³/mol. The Bertz CT molecular complexity index is 402. The maximum absolute atomic E-state index is 5.74. The van der Waals surface area contributed by atoms with Crippen LogP contribution in [0.3, 0.4) is 0 Å². The number of hydrogen-bond donors (Lipinski definition) is 2. The Hall–Kier alpha value is -0.870. The van der Waals surface area contributed by atoms with E-state index in [0.29, 0.717) is 12.1 Å². The highest BCUT2D eigenvalue weighted by Crippen LogP contribution is 2.30. The number of hydrazine groups is 1. The molecule has 2 aliphatic rings. The average Bonchev–Trinajstić information content (AvgIpc) is 3.20. The second-order valence-electron chi connectivity index (χ2n) is 6.68. The van der Waals surface area contributed by atoms with E-state index in [4.69, 9.17) is 10.9 Å².